The summed E-state index contributed by atoms with van der Waals surface area (Å²) in [5, 5.41) is 6.76. The van der Waals surface area contributed by atoms with Gasteiger partial charge in [-0.3, -0.25) is 4.99 Å². The topological polar surface area (TPSA) is 48.9 Å². The van der Waals surface area contributed by atoms with Gasteiger partial charge in [-0.05, 0) is 59.2 Å². The molecule has 1 atom stereocenters. The van der Waals surface area contributed by atoms with Crippen LogP contribution in [0.5, 0.6) is 0 Å². The van der Waals surface area contributed by atoms with Gasteiger partial charge >= 0.3 is 0 Å². The van der Waals surface area contributed by atoms with E-state index in [2.05, 4.69) is 43.2 Å². The standard InChI is InChI=1S/C17H36N4O/c1-5-18-16(20-15-17(4)11-10-14-22-17)19-12-8-9-13-21(6-2)7-3/h5-15H2,1-4H3,(H2,18,19,20). The SMILES string of the molecule is CCNC(=NCC1(C)CCCO1)NCCCCN(CC)CC. The van der Waals surface area contributed by atoms with Crippen molar-refractivity contribution < 1.29 is 4.74 Å². The third kappa shape index (κ3) is 7.45. The maximum Gasteiger partial charge on any atom is 0.191 e. The lowest BCUT2D eigenvalue weighted by Crippen LogP contribution is -2.39. The molecule has 5 nitrogen and oxygen atoms in total. The second-order valence-corrected chi connectivity index (χ2v) is 6.26. The van der Waals surface area contributed by atoms with Gasteiger partial charge in [-0.15, -0.1) is 0 Å². The molecule has 2 N–H and O–H groups in total. The predicted molar refractivity (Wildman–Crippen MR) is 94.6 cm³/mol. The molecular formula is C17H36N4O. The van der Waals surface area contributed by atoms with Crippen molar-refractivity contribution >= 4 is 5.96 Å². The van der Waals surface area contributed by atoms with Crippen LogP contribution in [0.2, 0.25) is 0 Å². The van der Waals surface area contributed by atoms with E-state index < -0.39 is 0 Å². The molecule has 0 aliphatic carbocycles. The Hall–Kier alpha value is -0.810. The number of nitrogens with zero attached hydrogens (tertiary/aromatic N) is 2. The van der Waals surface area contributed by atoms with Gasteiger partial charge in [0.2, 0.25) is 0 Å². The van der Waals surface area contributed by atoms with Gasteiger partial charge in [0, 0.05) is 19.7 Å². The highest BCUT2D eigenvalue weighted by molar-refractivity contribution is 5.79. The van der Waals surface area contributed by atoms with Crippen LogP contribution in [0.4, 0.5) is 0 Å². The van der Waals surface area contributed by atoms with Crippen LogP contribution < -0.4 is 10.6 Å². The highest BCUT2D eigenvalue weighted by Gasteiger charge is 2.29. The van der Waals surface area contributed by atoms with Gasteiger partial charge < -0.3 is 20.3 Å². The predicted octanol–water partition coefficient (Wildman–Crippen LogP) is 2.23. The van der Waals surface area contributed by atoms with Crippen LogP contribution in [0, 0.1) is 0 Å². The van der Waals surface area contributed by atoms with E-state index in [1.165, 1.54) is 19.4 Å². The molecule has 22 heavy (non-hydrogen) atoms. The highest BCUT2D eigenvalue weighted by Crippen LogP contribution is 2.24. The van der Waals surface area contributed by atoms with Crippen molar-refractivity contribution in [2.75, 3.05) is 45.9 Å². The van der Waals surface area contributed by atoms with Crippen molar-refractivity contribution in [3.05, 3.63) is 0 Å². The molecule has 1 fully saturated rings. The van der Waals surface area contributed by atoms with Gasteiger partial charge in [0.05, 0.1) is 12.1 Å². The average Bonchev–Trinajstić information content (AvgIpc) is 2.95. The summed E-state index contributed by atoms with van der Waals surface area (Å²) in [7, 11) is 0. The molecule has 0 aromatic carbocycles. The second kappa shape index (κ2) is 10.8. The Bertz CT molecular complexity index is 310. The zero-order valence-electron chi connectivity index (χ0n) is 15.1. The molecule has 130 valence electrons. The lowest BCUT2D eigenvalue weighted by atomic mass is 10.0. The van der Waals surface area contributed by atoms with E-state index in [-0.39, 0.29) is 5.60 Å². The van der Waals surface area contributed by atoms with Gasteiger partial charge in [-0.1, -0.05) is 13.8 Å². The molecule has 0 saturated carbocycles. The molecule has 1 aliphatic heterocycles. The summed E-state index contributed by atoms with van der Waals surface area (Å²) in [4.78, 5) is 7.16. The first-order valence-corrected chi connectivity index (χ1v) is 9.02. The molecular weight excluding hydrogens is 276 g/mol. The van der Waals surface area contributed by atoms with Gasteiger partial charge in [-0.2, -0.15) is 0 Å². The summed E-state index contributed by atoms with van der Waals surface area (Å²) < 4.78 is 5.79. The molecule has 1 aliphatic rings. The highest BCUT2D eigenvalue weighted by atomic mass is 16.5. The molecule has 0 radical (unpaired) electrons. The van der Waals surface area contributed by atoms with E-state index in [4.69, 9.17) is 9.73 Å². The Balaban J connectivity index is 2.25. The van der Waals surface area contributed by atoms with Crippen molar-refractivity contribution in [1.82, 2.24) is 15.5 Å². The monoisotopic (exact) mass is 312 g/mol. The molecule has 1 heterocycles. The van der Waals surface area contributed by atoms with E-state index in [0.29, 0.717) is 0 Å². The fourth-order valence-electron chi connectivity index (χ4n) is 2.76. The average molecular weight is 313 g/mol. The Labute approximate surface area is 136 Å². The number of aliphatic imine (C=N–C) groups is 1. The molecule has 5 heteroatoms. The number of nitrogens with one attached hydrogen (secondary N) is 2. The van der Waals surface area contributed by atoms with Crippen LogP contribution in [-0.2, 0) is 4.74 Å². The fraction of sp³-hybridized carbons (Fsp3) is 0.941. The summed E-state index contributed by atoms with van der Waals surface area (Å²) in [6.45, 7) is 15.7. The van der Waals surface area contributed by atoms with Gasteiger partial charge in [-0.25, -0.2) is 0 Å². The minimum absolute atomic E-state index is 0.0644. The number of guanidine groups is 1. The third-order valence-corrected chi connectivity index (χ3v) is 4.30. The molecule has 0 aromatic heterocycles. The zero-order valence-corrected chi connectivity index (χ0v) is 15.1. The summed E-state index contributed by atoms with van der Waals surface area (Å²) in [6.07, 6.45) is 4.67. The van der Waals surface area contributed by atoms with Crippen LogP contribution in [0.15, 0.2) is 4.99 Å². The first-order valence-electron chi connectivity index (χ1n) is 9.02. The van der Waals surface area contributed by atoms with E-state index in [9.17, 15) is 0 Å². The van der Waals surface area contributed by atoms with Gasteiger partial charge in [0.1, 0.15) is 0 Å². The summed E-state index contributed by atoms with van der Waals surface area (Å²) in [5.41, 5.74) is -0.0644. The van der Waals surface area contributed by atoms with Crippen molar-refractivity contribution in [3.63, 3.8) is 0 Å². The van der Waals surface area contributed by atoms with E-state index >= 15 is 0 Å². The van der Waals surface area contributed by atoms with Gasteiger partial charge in [0.15, 0.2) is 5.96 Å². The van der Waals surface area contributed by atoms with E-state index in [0.717, 1.165) is 58.1 Å². The van der Waals surface area contributed by atoms with E-state index in [1.807, 2.05) is 0 Å². The Morgan fingerprint density at radius 2 is 1.95 bits per heavy atom. The molecule has 1 saturated heterocycles. The Kier molecular flexibility index (Phi) is 9.48. The smallest absolute Gasteiger partial charge is 0.191 e. The molecule has 0 spiro atoms. The largest absolute Gasteiger partial charge is 0.373 e. The van der Waals surface area contributed by atoms with Crippen molar-refractivity contribution in [2.45, 2.75) is 59.0 Å². The van der Waals surface area contributed by atoms with Crippen molar-refractivity contribution in [1.29, 1.82) is 0 Å². The van der Waals surface area contributed by atoms with Crippen molar-refractivity contribution in [2.24, 2.45) is 4.99 Å². The Morgan fingerprint density at radius 3 is 2.55 bits per heavy atom. The summed E-state index contributed by atoms with van der Waals surface area (Å²) in [6, 6.07) is 0. The number of hydrogen-bond donors (Lipinski definition) is 2. The van der Waals surface area contributed by atoms with Crippen molar-refractivity contribution in [3.8, 4) is 0 Å². The third-order valence-electron chi connectivity index (χ3n) is 4.30. The van der Waals surface area contributed by atoms with Gasteiger partial charge in [0.25, 0.3) is 0 Å². The molecule has 1 rings (SSSR count). The molecule has 0 aromatic rings. The molecule has 0 amide bonds. The lowest BCUT2D eigenvalue weighted by Gasteiger charge is -2.21. The number of unbranched alkanes of at least 4 members (excludes halogenated alkanes) is 1. The number of hydrogen-bond acceptors (Lipinski definition) is 3. The number of ether oxygens (including phenoxy) is 1. The molecule has 0 bridgehead atoms. The first-order chi connectivity index (χ1) is 10.6. The number of rotatable bonds is 10. The van der Waals surface area contributed by atoms with Crippen LogP contribution >= 0.6 is 0 Å². The normalized spacial score (nSPS) is 22.3. The minimum Gasteiger partial charge on any atom is -0.373 e. The zero-order chi connectivity index (χ0) is 16.3. The van der Waals surface area contributed by atoms with Crippen LogP contribution in [-0.4, -0.2) is 62.3 Å². The lowest BCUT2D eigenvalue weighted by molar-refractivity contribution is 0.0283. The Morgan fingerprint density at radius 1 is 1.18 bits per heavy atom. The van der Waals surface area contributed by atoms with E-state index in [1.54, 1.807) is 0 Å². The molecule has 1 unspecified atom stereocenters. The maximum atomic E-state index is 5.79. The second-order valence-electron chi connectivity index (χ2n) is 6.26. The van der Waals surface area contributed by atoms with Crippen LogP contribution in [0.25, 0.3) is 0 Å². The van der Waals surface area contributed by atoms with Crippen LogP contribution in [0.3, 0.4) is 0 Å². The fourth-order valence-corrected chi connectivity index (χ4v) is 2.76. The maximum absolute atomic E-state index is 5.79. The quantitative estimate of drug-likeness (QED) is 0.369. The summed E-state index contributed by atoms with van der Waals surface area (Å²) >= 11 is 0. The summed E-state index contributed by atoms with van der Waals surface area (Å²) in [5.74, 6) is 0.919. The minimum atomic E-state index is -0.0644. The first kappa shape index (κ1) is 19.2. The van der Waals surface area contributed by atoms with Crippen LogP contribution in [0.1, 0.15) is 53.4 Å².